The van der Waals surface area contributed by atoms with Crippen LogP contribution in [0.3, 0.4) is 0 Å². The van der Waals surface area contributed by atoms with Crippen molar-refractivity contribution >= 4 is 29.9 Å². The van der Waals surface area contributed by atoms with Crippen LogP contribution in [0.4, 0.5) is 0 Å². The molecule has 2 aromatic heterocycles. The molecule has 1 aromatic carbocycles. The number of hydrogen-bond donors (Lipinski definition) is 3. The number of halogens is 1. The van der Waals surface area contributed by atoms with Gasteiger partial charge in [-0.1, -0.05) is 30.3 Å². The molecule has 3 aromatic rings. The Morgan fingerprint density at radius 2 is 1.90 bits per heavy atom. The van der Waals surface area contributed by atoms with Gasteiger partial charge in [0.1, 0.15) is 22.9 Å². The molecule has 3 N–H and O–H groups in total. The Morgan fingerprint density at radius 3 is 2.53 bits per heavy atom. The van der Waals surface area contributed by atoms with Crippen molar-refractivity contribution in [3.63, 3.8) is 0 Å². The molecule has 2 heterocycles. The number of nitrogens with one attached hydrogen (secondary N) is 2. The molecule has 6 nitrogen and oxygen atoms in total. The van der Waals surface area contributed by atoms with E-state index >= 15 is 0 Å². The summed E-state index contributed by atoms with van der Waals surface area (Å²) in [7, 11) is 0. The van der Waals surface area contributed by atoms with E-state index in [1.54, 1.807) is 19.3 Å². The standard InChI is InChI=1S/C23H29N3O3.HI/c1-17-11-12-21(29-17)23(3,27)16-25-22(24-14-13-20-10-7-15-28-20)26-18(2)19-8-5-4-6-9-19;/h4-12,15,18,27H,13-14,16H2,1-3H3,(H2,24,25,26);1H. The van der Waals surface area contributed by atoms with Crippen LogP contribution < -0.4 is 10.6 Å². The summed E-state index contributed by atoms with van der Waals surface area (Å²) in [6, 6.07) is 17.7. The van der Waals surface area contributed by atoms with Gasteiger partial charge in [0.05, 0.1) is 18.8 Å². The molecule has 0 aliphatic rings. The average Bonchev–Trinajstić information content (AvgIpc) is 3.39. The molecule has 0 bridgehead atoms. The third-order valence-corrected chi connectivity index (χ3v) is 4.71. The lowest BCUT2D eigenvalue weighted by atomic mass is 10.0. The lowest BCUT2D eigenvalue weighted by molar-refractivity contribution is 0.0428. The van der Waals surface area contributed by atoms with E-state index in [2.05, 4.69) is 34.7 Å². The highest BCUT2D eigenvalue weighted by molar-refractivity contribution is 14.0. The molecule has 0 aliphatic carbocycles. The number of aryl methyl sites for hydroxylation is 1. The van der Waals surface area contributed by atoms with E-state index in [4.69, 9.17) is 8.83 Å². The van der Waals surface area contributed by atoms with E-state index in [-0.39, 0.29) is 36.6 Å². The molecular formula is C23H30IN3O3. The Balaban J connectivity index is 0.00000320. The van der Waals surface area contributed by atoms with Crippen molar-refractivity contribution in [2.24, 2.45) is 4.99 Å². The molecule has 0 radical (unpaired) electrons. The first-order valence-corrected chi connectivity index (χ1v) is 9.85. The van der Waals surface area contributed by atoms with Gasteiger partial charge in [0.25, 0.3) is 0 Å². The van der Waals surface area contributed by atoms with Crippen molar-refractivity contribution in [1.29, 1.82) is 0 Å². The van der Waals surface area contributed by atoms with Gasteiger partial charge in [-0.05, 0) is 50.6 Å². The van der Waals surface area contributed by atoms with Crippen LogP contribution in [-0.2, 0) is 12.0 Å². The fraction of sp³-hybridized carbons (Fsp3) is 0.348. The molecular weight excluding hydrogens is 493 g/mol. The number of aliphatic hydroxyl groups is 1. The van der Waals surface area contributed by atoms with Crippen molar-refractivity contribution in [1.82, 2.24) is 10.6 Å². The lowest BCUT2D eigenvalue weighted by Gasteiger charge is -2.22. The van der Waals surface area contributed by atoms with Gasteiger partial charge >= 0.3 is 0 Å². The second-order valence-electron chi connectivity index (χ2n) is 7.38. The Morgan fingerprint density at radius 1 is 1.13 bits per heavy atom. The Labute approximate surface area is 194 Å². The van der Waals surface area contributed by atoms with Gasteiger partial charge in [0.15, 0.2) is 5.96 Å². The van der Waals surface area contributed by atoms with Crippen LogP contribution in [0.5, 0.6) is 0 Å². The molecule has 2 atom stereocenters. The van der Waals surface area contributed by atoms with Crippen LogP contribution in [-0.4, -0.2) is 24.2 Å². The van der Waals surface area contributed by atoms with Gasteiger partial charge in [0.2, 0.25) is 0 Å². The summed E-state index contributed by atoms with van der Waals surface area (Å²) in [5.41, 5.74) is -0.0405. The summed E-state index contributed by atoms with van der Waals surface area (Å²) in [6.45, 7) is 6.46. The minimum atomic E-state index is -1.19. The highest BCUT2D eigenvalue weighted by Crippen LogP contribution is 2.23. The summed E-state index contributed by atoms with van der Waals surface area (Å²) in [6.07, 6.45) is 2.41. The molecule has 0 amide bonds. The molecule has 0 fully saturated rings. The quantitative estimate of drug-likeness (QED) is 0.229. The van der Waals surface area contributed by atoms with Crippen LogP contribution in [0.2, 0.25) is 0 Å². The molecule has 0 spiro atoms. The van der Waals surface area contributed by atoms with E-state index in [9.17, 15) is 5.11 Å². The number of benzene rings is 1. The summed E-state index contributed by atoms with van der Waals surface area (Å²) < 4.78 is 11.0. The van der Waals surface area contributed by atoms with Gasteiger partial charge in [-0.3, -0.25) is 0 Å². The van der Waals surface area contributed by atoms with E-state index in [1.165, 1.54) is 0 Å². The number of rotatable bonds is 8. The van der Waals surface area contributed by atoms with Crippen molar-refractivity contribution in [2.45, 2.75) is 38.8 Å². The maximum atomic E-state index is 10.8. The molecule has 0 aliphatic heterocycles. The topological polar surface area (TPSA) is 82.9 Å². The fourth-order valence-electron chi connectivity index (χ4n) is 2.98. The summed E-state index contributed by atoms with van der Waals surface area (Å²) in [4.78, 5) is 4.62. The number of furan rings is 2. The third kappa shape index (κ3) is 6.91. The predicted molar refractivity (Wildman–Crippen MR) is 129 cm³/mol. The minimum Gasteiger partial charge on any atom is -0.469 e. The summed E-state index contributed by atoms with van der Waals surface area (Å²) >= 11 is 0. The second-order valence-corrected chi connectivity index (χ2v) is 7.38. The second kappa shape index (κ2) is 11.2. The number of hydrogen-bond acceptors (Lipinski definition) is 4. The maximum Gasteiger partial charge on any atom is 0.191 e. The first-order chi connectivity index (χ1) is 13.9. The predicted octanol–water partition coefficient (Wildman–Crippen LogP) is 4.55. The van der Waals surface area contributed by atoms with Crippen LogP contribution in [0.25, 0.3) is 0 Å². The van der Waals surface area contributed by atoms with Gasteiger partial charge in [0, 0.05) is 13.0 Å². The van der Waals surface area contributed by atoms with Crippen LogP contribution >= 0.6 is 24.0 Å². The normalized spacial score (nSPS) is 14.5. The number of guanidine groups is 1. The van der Waals surface area contributed by atoms with Gasteiger partial charge in [-0.2, -0.15) is 0 Å². The summed E-state index contributed by atoms with van der Waals surface area (Å²) in [5, 5.41) is 17.5. The highest BCUT2D eigenvalue weighted by Gasteiger charge is 2.27. The Hall–Kier alpha value is -2.26. The van der Waals surface area contributed by atoms with Crippen LogP contribution in [0.15, 0.2) is 74.7 Å². The van der Waals surface area contributed by atoms with Crippen molar-refractivity contribution in [3.05, 3.63) is 83.7 Å². The zero-order valence-electron chi connectivity index (χ0n) is 17.6. The van der Waals surface area contributed by atoms with Gasteiger partial charge in [-0.15, -0.1) is 24.0 Å². The molecule has 3 rings (SSSR count). The van der Waals surface area contributed by atoms with E-state index in [0.717, 1.165) is 23.5 Å². The molecule has 162 valence electrons. The molecule has 0 saturated heterocycles. The van der Waals surface area contributed by atoms with Crippen molar-refractivity contribution in [2.75, 3.05) is 13.1 Å². The first kappa shape index (κ1) is 24.0. The Kier molecular flexibility index (Phi) is 8.98. The van der Waals surface area contributed by atoms with Gasteiger partial charge in [-0.25, -0.2) is 4.99 Å². The van der Waals surface area contributed by atoms with E-state index in [1.807, 2.05) is 43.3 Å². The van der Waals surface area contributed by atoms with Crippen molar-refractivity contribution in [3.8, 4) is 0 Å². The zero-order chi connectivity index (χ0) is 20.7. The maximum absolute atomic E-state index is 10.8. The van der Waals surface area contributed by atoms with Crippen molar-refractivity contribution < 1.29 is 13.9 Å². The SMILES string of the molecule is Cc1ccc(C(C)(O)CN=C(NCCc2ccco2)NC(C)c2ccccc2)o1.I. The Bertz CT molecular complexity index is 905. The average molecular weight is 523 g/mol. The fourth-order valence-corrected chi connectivity index (χ4v) is 2.98. The molecule has 30 heavy (non-hydrogen) atoms. The monoisotopic (exact) mass is 523 g/mol. The van der Waals surface area contributed by atoms with E-state index < -0.39 is 5.60 Å². The smallest absolute Gasteiger partial charge is 0.191 e. The first-order valence-electron chi connectivity index (χ1n) is 9.85. The van der Waals surface area contributed by atoms with E-state index in [0.29, 0.717) is 18.3 Å². The third-order valence-electron chi connectivity index (χ3n) is 4.71. The van der Waals surface area contributed by atoms with Crippen LogP contribution in [0.1, 0.15) is 42.7 Å². The molecule has 2 unspecified atom stereocenters. The van der Waals surface area contributed by atoms with Gasteiger partial charge < -0.3 is 24.6 Å². The lowest BCUT2D eigenvalue weighted by Crippen LogP contribution is -2.41. The largest absolute Gasteiger partial charge is 0.469 e. The zero-order valence-corrected chi connectivity index (χ0v) is 19.9. The molecule has 7 heteroatoms. The highest BCUT2D eigenvalue weighted by atomic mass is 127. The number of nitrogens with zero attached hydrogens (tertiary/aromatic N) is 1. The molecule has 0 saturated carbocycles. The summed E-state index contributed by atoms with van der Waals surface area (Å²) in [5.74, 6) is 2.80. The number of aliphatic imine (C=N–C) groups is 1. The minimum absolute atomic E-state index is 0. The van der Waals surface area contributed by atoms with Crippen LogP contribution in [0, 0.1) is 6.92 Å².